The van der Waals surface area contributed by atoms with Gasteiger partial charge in [0.1, 0.15) is 17.2 Å². The van der Waals surface area contributed by atoms with Crippen LogP contribution < -0.4 is 0 Å². The van der Waals surface area contributed by atoms with Gasteiger partial charge in [0.25, 0.3) is 0 Å². The highest BCUT2D eigenvalue weighted by molar-refractivity contribution is 5.54. The summed E-state index contributed by atoms with van der Waals surface area (Å²) in [5, 5.41) is 33.2. The molecule has 3 heteroatoms. The van der Waals surface area contributed by atoms with Crippen LogP contribution in [-0.2, 0) is 35.5 Å². The fraction of sp³-hybridized carbons (Fsp3) is 0.550. The van der Waals surface area contributed by atoms with Crippen molar-refractivity contribution >= 4 is 0 Å². The van der Waals surface area contributed by atoms with Crippen LogP contribution in [0.5, 0.6) is 17.2 Å². The van der Waals surface area contributed by atoms with Gasteiger partial charge in [0.15, 0.2) is 0 Å². The van der Waals surface area contributed by atoms with Crippen molar-refractivity contribution in [3.63, 3.8) is 0 Å². The van der Waals surface area contributed by atoms with Crippen LogP contribution in [0.4, 0.5) is 0 Å². The lowest BCUT2D eigenvalue weighted by Gasteiger charge is -2.32. The molecule has 0 aromatic heterocycles. The average Bonchev–Trinajstić information content (AvgIpc) is 2.89. The average molecular weight is 587 g/mol. The predicted molar refractivity (Wildman–Crippen MR) is 183 cm³/mol. The number of rotatable bonds is 8. The van der Waals surface area contributed by atoms with Crippen LogP contribution in [0.25, 0.3) is 0 Å². The normalized spacial score (nSPS) is 13.5. The van der Waals surface area contributed by atoms with Crippen LogP contribution in [0.3, 0.4) is 0 Å². The second kappa shape index (κ2) is 12.6. The summed E-state index contributed by atoms with van der Waals surface area (Å²) >= 11 is 0. The minimum atomic E-state index is -0.214. The van der Waals surface area contributed by atoms with E-state index in [9.17, 15) is 15.3 Å². The van der Waals surface area contributed by atoms with Gasteiger partial charge in [-0.15, -0.1) is 0 Å². The first-order valence-electron chi connectivity index (χ1n) is 16.3. The van der Waals surface area contributed by atoms with Crippen molar-refractivity contribution < 1.29 is 15.3 Å². The van der Waals surface area contributed by atoms with E-state index in [-0.39, 0.29) is 28.1 Å². The van der Waals surface area contributed by atoms with Gasteiger partial charge in [0.05, 0.1) is 0 Å². The van der Waals surface area contributed by atoms with E-state index in [2.05, 4.69) is 108 Å². The van der Waals surface area contributed by atoms with Crippen LogP contribution in [-0.4, -0.2) is 15.3 Å². The minimum absolute atomic E-state index is 0.0555. The summed E-state index contributed by atoms with van der Waals surface area (Å²) in [4.78, 5) is 0. The maximum absolute atomic E-state index is 11.1. The molecule has 3 aromatic rings. The number of aryl methyl sites for hydroxylation is 3. The summed E-state index contributed by atoms with van der Waals surface area (Å²) < 4.78 is 0. The molecule has 0 aliphatic rings. The molecule has 0 radical (unpaired) electrons. The van der Waals surface area contributed by atoms with Crippen molar-refractivity contribution in [3.05, 3.63) is 86.5 Å². The van der Waals surface area contributed by atoms with Crippen LogP contribution in [0.15, 0.2) is 36.4 Å². The zero-order valence-corrected chi connectivity index (χ0v) is 29.3. The molecule has 0 amide bonds. The van der Waals surface area contributed by atoms with Crippen molar-refractivity contribution in [2.45, 2.75) is 144 Å². The van der Waals surface area contributed by atoms with Crippen molar-refractivity contribution in [1.82, 2.24) is 0 Å². The Morgan fingerprint density at radius 2 is 0.767 bits per heavy atom. The second-order valence-corrected chi connectivity index (χ2v) is 15.7. The first kappa shape index (κ1) is 34.5. The summed E-state index contributed by atoms with van der Waals surface area (Å²) in [5.41, 5.74) is 9.59. The molecule has 236 valence electrons. The molecule has 1 unspecified atom stereocenters. The van der Waals surface area contributed by atoms with Crippen LogP contribution in [0.1, 0.15) is 158 Å². The highest BCUT2D eigenvalue weighted by Gasteiger charge is 2.30. The molecule has 1 atom stereocenters. The lowest BCUT2D eigenvalue weighted by molar-refractivity contribution is 0.444. The summed E-state index contributed by atoms with van der Waals surface area (Å²) in [7, 11) is 0. The van der Waals surface area contributed by atoms with E-state index in [0.717, 1.165) is 53.5 Å². The quantitative estimate of drug-likeness (QED) is 0.246. The zero-order chi connectivity index (χ0) is 32.7. The molecule has 3 rings (SSSR count). The Labute approximate surface area is 262 Å². The molecule has 0 fully saturated rings. The molecule has 0 saturated carbocycles. The van der Waals surface area contributed by atoms with Crippen molar-refractivity contribution in [3.8, 4) is 17.2 Å². The summed E-state index contributed by atoms with van der Waals surface area (Å²) in [6, 6.07) is 12.7. The van der Waals surface area contributed by atoms with E-state index >= 15 is 0 Å². The molecular weight excluding hydrogens is 528 g/mol. The van der Waals surface area contributed by atoms with Crippen LogP contribution >= 0.6 is 0 Å². The largest absolute Gasteiger partial charge is 0.508 e. The second-order valence-electron chi connectivity index (χ2n) is 15.7. The molecule has 3 nitrogen and oxygen atoms in total. The van der Waals surface area contributed by atoms with Crippen LogP contribution in [0, 0.1) is 0 Å². The molecule has 0 spiro atoms. The minimum Gasteiger partial charge on any atom is -0.508 e. The summed E-state index contributed by atoms with van der Waals surface area (Å²) in [6.45, 7) is 28.2. The van der Waals surface area contributed by atoms with Crippen molar-refractivity contribution in [2.24, 2.45) is 0 Å². The highest BCUT2D eigenvalue weighted by Crippen LogP contribution is 2.46. The third-order valence-corrected chi connectivity index (χ3v) is 9.21. The third-order valence-electron chi connectivity index (χ3n) is 9.21. The Morgan fingerprint density at radius 3 is 1.05 bits per heavy atom. The molecule has 0 aliphatic carbocycles. The zero-order valence-electron chi connectivity index (χ0n) is 29.3. The predicted octanol–water partition coefficient (Wildman–Crippen LogP) is 10.7. The number of phenolic OH excluding ortho intramolecular Hbond substituents is 3. The number of phenols is 3. The summed E-state index contributed by atoms with van der Waals surface area (Å²) in [5.74, 6) is 1.35. The van der Waals surface area contributed by atoms with E-state index in [1.54, 1.807) is 0 Å². The lowest BCUT2D eigenvalue weighted by Crippen LogP contribution is -2.18. The lowest BCUT2D eigenvalue weighted by atomic mass is 9.73. The Bertz CT molecular complexity index is 1370. The van der Waals surface area contributed by atoms with E-state index in [4.69, 9.17) is 0 Å². The Balaban J connectivity index is 2.39. The Morgan fingerprint density at radius 1 is 0.488 bits per heavy atom. The molecule has 0 saturated heterocycles. The van der Waals surface area contributed by atoms with E-state index in [0.29, 0.717) is 17.2 Å². The fourth-order valence-electron chi connectivity index (χ4n) is 6.67. The smallest absolute Gasteiger partial charge is 0.119 e. The Kier molecular flexibility index (Phi) is 10.1. The maximum atomic E-state index is 11.1. The first-order chi connectivity index (χ1) is 19.7. The summed E-state index contributed by atoms with van der Waals surface area (Å²) in [6.07, 6.45) is 3.35. The molecule has 43 heavy (non-hydrogen) atoms. The van der Waals surface area contributed by atoms with Crippen molar-refractivity contribution in [2.75, 3.05) is 0 Å². The van der Waals surface area contributed by atoms with E-state index in [1.807, 2.05) is 18.2 Å². The van der Waals surface area contributed by atoms with Gasteiger partial charge in [-0.1, -0.05) is 108 Å². The SMILES string of the molecule is CCc1cc(O)c(C(C)(C)C)cc1C(C)CC(c1cc(C(C)(C)C)c(O)cc1CC)c1cc(C(C)(C)C)c(O)cc1CC. The number of hydrogen-bond donors (Lipinski definition) is 3. The van der Waals surface area contributed by atoms with Gasteiger partial charge in [-0.2, -0.15) is 0 Å². The topological polar surface area (TPSA) is 60.7 Å². The first-order valence-corrected chi connectivity index (χ1v) is 16.3. The number of aromatic hydroxyl groups is 3. The van der Waals surface area contributed by atoms with Gasteiger partial charge in [-0.3, -0.25) is 0 Å². The fourth-order valence-corrected chi connectivity index (χ4v) is 6.67. The van der Waals surface area contributed by atoms with Crippen molar-refractivity contribution in [1.29, 1.82) is 0 Å². The van der Waals surface area contributed by atoms with Crippen LogP contribution in [0.2, 0.25) is 0 Å². The maximum Gasteiger partial charge on any atom is 0.119 e. The molecule has 3 aromatic carbocycles. The van der Waals surface area contributed by atoms with Gasteiger partial charge in [0, 0.05) is 5.92 Å². The standard InChI is InChI=1S/C40H58O3/c1-14-25-18-35(41)32(38(5,6)7)21-28(25)24(4)17-31(29-22-33(39(8,9)10)36(42)19-26(29)15-2)30-23-34(40(11,12)13)37(43)20-27(30)16-3/h18-24,31,41-43H,14-17H2,1-13H3. The Hall–Kier alpha value is -2.94. The molecule has 0 bridgehead atoms. The molecule has 0 heterocycles. The van der Waals surface area contributed by atoms with Gasteiger partial charge < -0.3 is 15.3 Å². The van der Waals surface area contributed by atoms with Gasteiger partial charge in [-0.25, -0.2) is 0 Å². The molecular formula is C40H58O3. The number of hydrogen-bond acceptors (Lipinski definition) is 3. The molecule has 3 N–H and O–H groups in total. The third kappa shape index (κ3) is 7.41. The molecule has 0 aliphatic heterocycles. The van der Waals surface area contributed by atoms with E-state index in [1.165, 1.54) is 22.3 Å². The van der Waals surface area contributed by atoms with Gasteiger partial charge >= 0.3 is 0 Å². The van der Waals surface area contributed by atoms with Gasteiger partial charge in [-0.05, 0) is 116 Å². The van der Waals surface area contributed by atoms with Gasteiger partial charge in [0.2, 0.25) is 0 Å². The highest BCUT2D eigenvalue weighted by atomic mass is 16.3. The monoisotopic (exact) mass is 586 g/mol. The van der Waals surface area contributed by atoms with E-state index < -0.39 is 0 Å². The number of benzene rings is 3.